The minimum atomic E-state index is -0.449. The summed E-state index contributed by atoms with van der Waals surface area (Å²) in [6.45, 7) is 3.18. The van der Waals surface area contributed by atoms with Crippen LogP contribution in [0.3, 0.4) is 0 Å². The van der Waals surface area contributed by atoms with E-state index < -0.39 is 11.8 Å². The topological polar surface area (TPSA) is 82.2 Å². The monoisotopic (exact) mass is 339 g/mol. The Hall–Kier alpha value is -2.70. The molecule has 2 amide bonds. The summed E-state index contributed by atoms with van der Waals surface area (Å²) >= 11 is 0. The number of nitrogens with one attached hydrogen (secondary N) is 1. The minimum absolute atomic E-state index is 0.202. The number of carbonyl (C=O) groups excluding carboxylic acids is 2. The second-order valence-electron chi connectivity index (χ2n) is 6.66. The maximum atomic E-state index is 13.0. The highest BCUT2D eigenvalue weighted by molar-refractivity contribution is 6.40. The number of H-pyrrole nitrogens is 1. The average molecular weight is 339 g/mol. The first kappa shape index (κ1) is 15.8. The third kappa shape index (κ3) is 2.69. The molecule has 0 saturated carbocycles. The van der Waals surface area contributed by atoms with Crippen molar-refractivity contribution in [2.24, 2.45) is 0 Å². The maximum absolute atomic E-state index is 13.0. The third-order valence-electron chi connectivity index (χ3n) is 5.20. The van der Waals surface area contributed by atoms with E-state index in [0.717, 1.165) is 42.5 Å². The number of likely N-dealkylation sites (tertiary alicyclic amines) is 1. The molecule has 2 aromatic rings. The van der Waals surface area contributed by atoms with Crippen LogP contribution >= 0.6 is 0 Å². The Labute approximate surface area is 146 Å². The van der Waals surface area contributed by atoms with Gasteiger partial charge in [0, 0.05) is 18.8 Å². The van der Waals surface area contributed by atoms with Crippen LogP contribution < -0.4 is 4.90 Å². The van der Waals surface area contributed by atoms with Gasteiger partial charge in [0.05, 0.1) is 6.04 Å². The molecule has 1 atom stereocenters. The molecule has 25 heavy (non-hydrogen) atoms. The molecular formula is C18H21N5O2. The molecule has 0 bridgehead atoms. The number of hydrogen-bond donors (Lipinski definition) is 1. The highest BCUT2D eigenvalue weighted by Crippen LogP contribution is 2.32. The number of amides is 2. The van der Waals surface area contributed by atoms with E-state index in [0.29, 0.717) is 18.9 Å². The van der Waals surface area contributed by atoms with Crippen LogP contribution in [-0.2, 0) is 16.0 Å². The molecule has 1 N–H and O–H groups in total. The summed E-state index contributed by atoms with van der Waals surface area (Å²) in [5.41, 5.74) is 3.19. The number of rotatable bonds is 1. The first-order valence-electron chi connectivity index (χ1n) is 8.73. The number of fused-ring (bicyclic) bond motifs is 1. The number of aryl methyl sites for hydroxylation is 1. The molecule has 7 heteroatoms. The molecule has 1 aromatic carbocycles. The van der Waals surface area contributed by atoms with E-state index in [1.54, 1.807) is 9.80 Å². The number of carbonyl (C=O) groups is 2. The number of aromatic nitrogens is 3. The molecule has 130 valence electrons. The zero-order chi connectivity index (χ0) is 17.4. The lowest BCUT2D eigenvalue weighted by Gasteiger charge is -2.34. The molecule has 7 nitrogen and oxygen atoms in total. The smallest absolute Gasteiger partial charge is 0.316 e. The van der Waals surface area contributed by atoms with Crippen LogP contribution in [0.2, 0.25) is 0 Å². The predicted molar refractivity (Wildman–Crippen MR) is 91.9 cm³/mol. The van der Waals surface area contributed by atoms with Gasteiger partial charge in [0.1, 0.15) is 12.2 Å². The number of piperidine rings is 1. The summed E-state index contributed by atoms with van der Waals surface area (Å²) in [4.78, 5) is 33.3. The fraction of sp³-hybridized carbons (Fsp3) is 0.444. The zero-order valence-electron chi connectivity index (χ0n) is 14.2. The summed E-state index contributed by atoms with van der Waals surface area (Å²) in [5, 5.41) is 6.73. The second-order valence-corrected chi connectivity index (χ2v) is 6.66. The normalized spacial score (nSPS) is 19.8. The van der Waals surface area contributed by atoms with Crippen molar-refractivity contribution < 1.29 is 9.59 Å². The largest absolute Gasteiger partial charge is 0.324 e. The van der Waals surface area contributed by atoms with Crippen LogP contribution in [0.25, 0.3) is 0 Å². The van der Waals surface area contributed by atoms with Gasteiger partial charge in [0.15, 0.2) is 0 Å². The third-order valence-corrected chi connectivity index (χ3v) is 5.20. The Kier molecular flexibility index (Phi) is 3.99. The average Bonchev–Trinajstić information content (AvgIpc) is 3.31. The molecular weight excluding hydrogens is 318 g/mol. The van der Waals surface area contributed by atoms with Gasteiger partial charge >= 0.3 is 11.8 Å². The lowest BCUT2D eigenvalue weighted by molar-refractivity contribution is -0.147. The van der Waals surface area contributed by atoms with E-state index in [1.165, 1.54) is 6.33 Å². The Morgan fingerprint density at radius 2 is 2.08 bits per heavy atom. The van der Waals surface area contributed by atoms with Crippen LogP contribution in [0, 0.1) is 6.92 Å². The number of benzene rings is 1. The Morgan fingerprint density at radius 3 is 2.88 bits per heavy atom. The molecule has 0 unspecified atom stereocenters. The lowest BCUT2D eigenvalue weighted by Crippen LogP contribution is -2.48. The van der Waals surface area contributed by atoms with Crippen LogP contribution in [0.5, 0.6) is 0 Å². The van der Waals surface area contributed by atoms with Gasteiger partial charge in [0.2, 0.25) is 0 Å². The van der Waals surface area contributed by atoms with Crippen LogP contribution in [0.1, 0.15) is 42.3 Å². The minimum Gasteiger partial charge on any atom is -0.324 e. The van der Waals surface area contributed by atoms with Crippen molar-refractivity contribution in [2.45, 2.75) is 38.6 Å². The van der Waals surface area contributed by atoms with Crippen molar-refractivity contribution >= 4 is 17.5 Å². The molecule has 2 aliphatic heterocycles. The van der Waals surface area contributed by atoms with E-state index in [2.05, 4.69) is 15.2 Å². The predicted octanol–water partition coefficient (Wildman–Crippen LogP) is 1.76. The summed E-state index contributed by atoms with van der Waals surface area (Å²) < 4.78 is 0. The number of hydrogen-bond acceptors (Lipinski definition) is 4. The van der Waals surface area contributed by atoms with E-state index in [-0.39, 0.29) is 6.04 Å². The van der Waals surface area contributed by atoms with Gasteiger partial charge in [-0.15, -0.1) is 0 Å². The zero-order valence-corrected chi connectivity index (χ0v) is 14.2. The van der Waals surface area contributed by atoms with E-state index in [1.807, 2.05) is 25.1 Å². The first-order valence-corrected chi connectivity index (χ1v) is 8.73. The Morgan fingerprint density at radius 1 is 1.20 bits per heavy atom. The fourth-order valence-electron chi connectivity index (χ4n) is 3.89. The summed E-state index contributed by atoms with van der Waals surface area (Å²) in [6, 6.07) is 5.69. The molecule has 1 fully saturated rings. The van der Waals surface area contributed by atoms with Crippen molar-refractivity contribution in [1.29, 1.82) is 0 Å². The van der Waals surface area contributed by atoms with E-state index >= 15 is 0 Å². The van der Waals surface area contributed by atoms with Crippen LogP contribution in [0.15, 0.2) is 24.5 Å². The Bertz CT molecular complexity index is 802. The highest BCUT2D eigenvalue weighted by atomic mass is 16.2. The van der Waals surface area contributed by atoms with Gasteiger partial charge in [-0.1, -0.05) is 12.1 Å². The number of anilines is 1. The van der Waals surface area contributed by atoms with Crippen molar-refractivity contribution in [3.63, 3.8) is 0 Å². The summed E-state index contributed by atoms with van der Waals surface area (Å²) in [5.74, 6) is -0.246. The van der Waals surface area contributed by atoms with Crippen molar-refractivity contribution in [3.8, 4) is 0 Å². The van der Waals surface area contributed by atoms with Gasteiger partial charge in [-0.05, 0) is 49.8 Å². The molecule has 1 saturated heterocycles. The molecule has 0 radical (unpaired) electrons. The standard InChI is InChI=1S/C18H21N5O2/c1-12-5-4-7-14-13(12)8-10-23(14)18(25)17(24)22-9-3-2-6-15(22)16-19-11-20-21-16/h4-5,7,11,15H,2-3,6,8-10H2,1H3,(H,19,20,21)/t15-/m0/s1. The molecule has 4 rings (SSSR count). The SMILES string of the molecule is Cc1cccc2c1CCN2C(=O)C(=O)N1CCCC[C@H]1c1ncn[nH]1. The maximum Gasteiger partial charge on any atom is 0.316 e. The van der Waals surface area contributed by atoms with Crippen LogP contribution in [0.4, 0.5) is 5.69 Å². The highest BCUT2D eigenvalue weighted by Gasteiger charge is 2.37. The molecule has 3 heterocycles. The molecule has 1 aromatic heterocycles. The van der Waals surface area contributed by atoms with Crippen molar-refractivity contribution in [3.05, 3.63) is 41.5 Å². The first-order chi connectivity index (χ1) is 12.2. The van der Waals surface area contributed by atoms with E-state index in [4.69, 9.17) is 0 Å². The summed E-state index contributed by atoms with van der Waals surface area (Å²) in [7, 11) is 0. The second kappa shape index (κ2) is 6.31. The van der Waals surface area contributed by atoms with Gasteiger partial charge in [-0.25, -0.2) is 4.98 Å². The number of nitrogens with zero attached hydrogens (tertiary/aromatic N) is 4. The van der Waals surface area contributed by atoms with Gasteiger partial charge < -0.3 is 9.80 Å². The molecule has 2 aliphatic rings. The van der Waals surface area contributed by atoms with E-state index in [9.17, 15) is 9.59 Å². The summed E-state index contributed by atoms with van der Waals surface area (Å²) in [6.07, 6.45) is 4.94. The fourth-order valence-corrected chi connectivity index (χ4v) is 3.89. The number of aromatic amines is 1. The van der Waals surface area contributed by atoms with Crippen molar-refractivity contribution in [2.75, 3.05) is 18.0 Å². The van der Waals surface area contributed by atoms with Gasteiger partial charge in [-0.2, -0.15) is 5.10 Å². The van der Waals surface area contributed by atoms with Gasteiger partial charge in [-0.3, -0.25) is 14.7 Å². The van der Waals surface area contributed by atoms with Crippen molar-refractivity contribution in [1.82, 2.24) is 20.1 Å². The van der Waals surface area contributed by atoms with Crippen LogP contribution in [-0.4, -0.2) is 45.0 Å². The van der Waals surface area contributed by atoms with Gasteiger partial charge in [0.25, 0.3) is 0 Å². The molecule has 0 aliphatic carbocycles. The lowest BCUT2D eigenvalue weighted by atomic mass is 10.0. The Balaban J connectivity index is 1.58. The quantitative estimate of drug-likeness (QED) is 0.803. The molecule has 0 spiro atoms.